The average Bonchev–Trinajstić information content (AvgIpc) is 3.08. The maximum absolute atomic E-state index is 9.75. The first-order valence-corrected chi connectivity index (χ1v) is 8.84. The van der Waals surface area contributed by atoms with Crippen molar-refractivity contribution in [1.29, 1.82) is 0 Å². The zero-order chi connectivity index (χ0) is 17.8. The van der Waals surface area contributed by atoms with Gasteiger partial charge in [-0.25, -0.2) is 0 Å². The molecule has 26 heavy (non-hydrogen) atoms. The van der Waals surface area contributed by atoms with E-state index in [9.17, 15) is 5.11 Å². The number of benzene rings is 2. The lowest BCUT2D eigenvalue weighted by Gasteiger charge is -2.14. The second kappa shape index (κ2) is 7.49. The Labute approximate surface area is 152 Å². The summed E-state index contributed by atoms with van der Waals surface area (Å²) in [6.45, 7) is 0. The highest BCUT2D eigenvalue weighted by Crippen LogP contribution is 2.24. The number of nitrogens with one attached hydrogen (secondary N) is 2. The molecule has 2 aromatic carbocycles. The minimum Gasteiger partial charge on any atom is -0.393 e. The molecule has 1 saturated carbocycles. The predicted molar refractivity (Wildman–Crippen MR) is 102 cm³/mol. The summed E-state index contributed by atoms with van der Waals surface area (Å²) in [5, 5.41) is 16.3. The number of hydrogen-bond donors (Lipinski definition) is 3. The molecule has 1 aromatic heterocycles. The summed E-state index contributed by atoms with van der Waals surface area (Å²) in [4.78, 5) is 13.7. The monoisotopic (exact) mass is 347 g/mol. The fourth-order valence-corrected chi connectivity index (χ4v) is 3.13. The molecule has 6 heteroatoms. The Balaban J connectivity index is 1.65. The number of rotatable bonds is 5. The Kier molecular flexibility index (Phi) is 4.75. The molecular weight excluding hydrogens is 326 g/mol. The fraction of sp³-hybridized carbons (Fsp3) is 0.250. The first-order valence-electron chi connectivity index (χ1n) is 8.84. The van der Waals surface area contributed by atoms with E-state index in [0.29, 0.717) is 24.1 Å². The van der Waals surface area contributed by atoms with E-state index in [0.717, 1.165) is 24.1 Å². The molecule has 3 aromatic rings. The quantitative estimate of drug-likeness (QED) is 0.654. The number of aliphatic hydroxyl groups is 1. The summed E-state index contributed by atoms with van der Waals surface area (Å²) in [5.74, 6) is 1.63. The molecule has 3 N–H and O–H groups in total. The van der Waals surface area contributed by atoms with Gasteiger partial charge >= 0.3 is 0 Å². The molecule has 2 atom stereocenters. The second-order valence-corrected chi connectivity index (χ2v) is 6.47. The number of para-hydroxylation sites is 1. The zero-order valence-corrected chi connectivity index (χ0v) is 14.3. The summed E-state index contributed by atoms with van der Waals surface area (Å²) in [5.41, 5.74) is 1.85. The van der Waals surface area contributed by atoms with Gasteiger partial charge < -0.3 is 15.7 Å². The van der Waals surface area contributed by atoms with Crippen LogP contribution in [0.2, 0.25) is 0 Å². The lowest BCUT2D eigenvalue weighted by molar-refractivity contribution is 0.182. The van der Waals surface area contributed by atoms with Crippen molar-refractivity contribution in [2.75, 3.05) is 10.6 Å². The van der Waals surface area contributed by atoms with Gasteiger partial charge in [-0.3, -0.25) is 0 Å². The van der Waals surface area contributed by atoms with Crippen LogP contribution in [-0.4, -0.2) is 32.2 Å². The Morgan fingerprint density at radius 2 is 1.50 bits per heavy atom. The first kappa shape index (κ1) is 16.5. The van der Waals surface area contributed by atoms with Crippen molar-refractivity contribution in [1.82, 2.24) is 15.0 Å². The van der Waals surface area contributed by atoms with Crippen LogP contribution in [-0.2, 0) is 0 Å². The van der Waals surface area contributed by atoms with Crippen LogP contribution in [0.4, 0.5) is 17.6 Å². The second-order valence-electron chi connectivity index (χ2n) is 6.47. The van der Waals surface area contributed by atoms with E-state index in [4.69, 9.17) is 0 Å². The summed E-state index contributed by atoms with van der Waals surface area (Å²) in [6.07, 6.45) is 2.19. The van der Waals surface area contributed by atoms with Crippen molar-refractivity contribution in [3.05, 3.63) is 60.7 Å². The van der Waals surface area contributed by atoms with Crippen LogP contribution < -0.4 is 10.6 Å². The topological polar surface area (TPSA) is 83.0 Å². The largest absolute Gasteiger partial charge is 0.393 e. The van der Waals surface area contributed by atoms with Gasteiger partial charge in [0.1, 0.15) is 0 Å². The zero-order valence-electron chi connectivity index (χ0n) is 14.3. The van der Waals surface area contributed by atoms with Crippen LogP contribution in [0.1, 0.15) is 19.3 Å². The minimum absolute atomic E-state index is 0.181. The standard InChI is InChI=1S/C20H21N5O/c26-17-12-11-16(13-17)22-20-24-18(14-7-3-1-4-8-14)23-19(25-20)21-15-9-5-2-6-10-15/h1-10,16-17,26H,11-13H2,(H2,21,22,23,24,25). The maximum atomic E-state index is 9.75. The number of aliphatic hydroxyl groups excluding tert-OH is 1. The molecule has 0 radical (unpaired) electrons. The normalized spacial score (nSPS) is 19.3. The Morgan fingerprint density at radius 3 is 2.19 bits per heavy atom. The highest BCUT2D eigenvalue weighted by molar-refractivity contribution is 5.60. The van der Waals surface area contributed by atoms with Crippen molar-refractivity contribution in [3.63, 3.8) is 0 Å². The molecule has 0 amide bonds. The molecule has 4 rings (SSSR count). The molecular formula is C20H21N5O. The molecule has 1 heterocycles. The van der Waals surface area contributed by atoms with Gasteiger partial charge in [-0.1, -0.05) is 48.5 Å². The SMILES string of the molecule is OC1CCC(Nc2nc(Nc3ccccc3)nc(-c3ccccc3)n2)C1. The van der Waals surface area contributed by atoms with E-state index in [-0.39, 0.29) is 12.1 Å². The van der Waals surface area contributed by atoms with Crippen LogP contribution >= 0.6 is 0 Å². The molecule has 0 spiro atoms. The lowest BCUT2D eigenvalue weighted by atomic mass is 10.2. The summed E-state index contributed by atoms with van der Waals surface area (Å²) in [7, 11) is 0. The Bertz CT molecular complexity index is 857. The van der Waals surface area contributed by atoms with Gasteiger partial charge in [0.05, 0.1) is 6.10 Å². The summed E-state index contributed by atoms with van der Waals surface area (Å²) in [6, 6.07) is 19.8. The van der Waals surface area contributed by atoms with Gasteiger partial charge in [-0.15, -0.1) is 0 Å². The third kappa shape index (κ3) is 3.97. The predicted octanol–water partition coefficient (Wildman–Crippen LogP) is 3.61. The highest BCUT2D eigenvalue weighted by atomic mass is 16.3. The molecule has 0 saturated heterocycles. The molecule has 0 bridgehead atoms. The van der Waals surface area contributed by atoms with E-state index in [1.165, 1.54) is 0 Å². The van der Waals surface area contributed by atoms with E-state index in [1.54, 1.807) is 0 Å². The molecule has 1 aliphatic carbocycles. The van der Waals surface area contributed by atoms with E-state index >= 15 is 0 Å². The van der Waals surface area contributed by atoms with Crippen molar-refractivity contribution < 1.29 is 5.11 Å². The van der Waals surface area contributed by atoms with Gasteiger partial charge in [-0.05, 0) is 31.4 Å². The number of hydrogen-bond acceptors (Lipinski definition) is 6. The number of aromatic nitrogens is 3. The van der Waals surface area contributed by atoms with Gasteiger partial charge in [0, 0.05) is 17.3 Å². The third-order valence-electron chi connectivity index (χ3n) is 4.44. The molecule has 2 unspecified atom stereocenters. The van der Waals surface area contributed by atoms with Gasteiger partial charge in [-0.2, -0.15) is 15.0 Å². The fourth-order valence-electron chi connectivity index (χ4n) is 3.13. The van der Waals surface area contributed by atoms with Crippen molar-refractivity contribution in [2.24, 2.45) is 0 Å². The van der Waals surface area contributed by atoms with Crippen molar-refractivity contribution in [2.45, 2.75) is 31.4 Å². The van der Waals surface area contributed by atoms with Crippen LogP contribution in [0, 0.1) is 0 Å². The van der Waals surface area contributed by atoms with Gasteiger partial charge in [0.15, 0.2) is 5.82 Å². The van der Waals surface area contributed by atoms with E-state index < -0.39 is 0 Å². The minimum atomic E-state index is -0.246. The van der Waals surface area contributed by atoms with Crippen LogP contribution in [0.25, 0.3) is 11.4 Å². The highest BCUT2D eigenvalue weighted by Gasteiger charge is 2.23. The lowest BCUT2D eigenvalue weighted by Crippen LogP contribution is -2.19. The molecule has 1 fully saturated rings. The Hall–Kier alpha value is -2.99. The molecule has 0 aliphatic heterocycles. The number of nitrogens with zero attached hydrogens (tertiary/aromatic N) is 3. The molecule has 132 valence electrons. The van der Waals surface area contributed by atoms with Crippen molar-refractivity contribution >= 4 is 17.6 Å². The molecule has 1 aliphatic rings. The third-order valence-corrected chi connectivity index (χ3v) is 4.44. The smallest absolute Gasteiger partial charge is 0.232 e. The summed E-state index contributed by atoms with van der Waals surface area (Å²) >= 11 is 0. The van der Waals surface area contributed by atoms with Crippen LogP contribution in [0.15, 0.2) is 60.7 Å². The maximum Gasteiger partial charge on any atom is 0.232 e. The van der Waals surface area contributed by atoms with Gasteiger partial charge in [0.2, 0.25) is 11.9 Å². The average molecular weight is 347 g/mol. The van der Waals surface area contributed by atoms with E-state index in [2.05, 4.69) is 25.6 Å². The van der Waals surface area contributed by atoms with Crippen LogP contribution in [0.3, 0.4) is 0 Å². The molecule has 6 nitrogen and oxygen atoms in total. The summed E-state index contributed by atoms with van der Waals surface area (Å²) < 4.78 is 0. The van der Waals surface area contributed by atoms with Crippen molar-refractivity contribution in [3.8, 4) is 11.4 Å². The Morgan fingerprint density at radius 1 is 0.808 bits per heavy atom. The van der Waals surface area contributed by atoms with Crippen LogP contribution in [0.5, 0.6) is 0 Å². The first-order chi connectivity index (χ1) is 12.8. The number of anilines is 3. The van der Waals surface area contributed by atoms with E-state index in [1.807, 2.05) is 60.7 Å². The van der Waals surface area contributed by atoms with Gasteiger partial charge in [0.25, 0.3) is 0 Å².